The monoisotopic (exact) mass is 615 g/mol. The minimum Gasteiger partial charge on any atom is -1.00 e. The number of carbonyl (C=O) groups is 2. The van der Waals surface area contributed by atoms with E-state index in [-0.39, 0.29) is 95.7 Å². The molecule has 0 amide bonds. The van der Waals surface area contributed by atoms with Crippen LogP contribution in [-0.2, 0) is 14.3 Å². The molecule has 0 aromatic heterocycles. The summed E-state index contributed by atoms with van der Waals surface area (Å²) in [6, 6.07) is 0. The van der Waals surface area contributed by atoms with Crippen molar-refractivity contribution in [2.45, 2.75) is 219 Å². The largest absolute Gasteiger partial charge is 1.00 e. The van der Waals surface area contributed by atoms with Crippen LogP contribution in [0.3, 0.4) is 0 Å². The fourth-order valence-corrected chi connectivity index (χ4v) is 5.51. The average molecular weight is 615 g/mol. The van der Waals surface area contributed by atoms with Gasteiger partial charge in [-0.15, -0.1) is 0 Å². The Hall–Kier alpha value is 1.78. The van der Waals surface area contributed by atoms with Gasteiger partial charge in [0.25, 0.3) is 0 Å². The smallest absolute Gasteiger partial charge is 1.00 e. The number of carbonyl (C=O) groups excluding carboxylic acids is 2. The molecule has 0 bridgehead atoms. The maximum Gasteiger partial charge on any atom is 1.00 e. The molecule has 0 heterocycles. The molecule has 0 aliphatic heterocycles. The molecule has 0 aromatic rings. The van der Waals surface area contributed by atoms with Crippen molar-refractivity contribution in [1.82, 2.24) is 0 Å². The summed E-state index contributed by atoms with van der Waals surface area (Å²) in [5, 5.41) is 0. The molecule has 0 saturated heterocycles. The van der Waals surface area contributed by atoms with E-state index in [2.05, 4.69) is 13.8 Å². The Morgan fingerprint density at radius 2 is 0.537 bits per heavy atom. The van der Waals surface area contributed by atoms with E-state index in [1.807, 2.05) is 0 Å². The van der Waals surface area contributed by atoms with Crippen molar-refractivity contribution in [3.63, 3.8) is 0 Å². The first-order valence-corrected chi connectivity index (χ1v) is 17.9. The van der Waals surface area contributed by atoms with E-state index in [1.165, 1.54) is 167 Å². The van der Waals surface area contributed by atoms with Crippen LogP contribution in [0.1, 0.15) is 222 Å². The molecule has 0 spiro atoms. The molecule has 0 atom stereocenters. The third-order valence-corrected chi connectivity index (χ3v) is 8.20. The minimum absolute atomic E-state index is 0. The van der Waals surface area contributed by atoms with E-state index in [0.29, 0.717) is 12.8 Å². The summed E-state index contributed by atoms with van der Waals surface area (Å²) < 4.78 is 5.01. The van der Waals surface area contributed by atoms with E-state index in [4.69, 9.17) is 4.74 Å². The van der Waals surface area contributed by atoms with E-state index < -0.39 is 0 Å². The summed E-state index contributed by atoms with van der Waals surface area (Å²) in [4.78, 5) is 23.8. The van der Waals surface area contributed by atoms with Crippen LogP contribution in [0.25, 0.3) is 0 Å². The molecule has 0 unspecified atom stereocenters. The van der Waals surface area contributed by atoms with Crippen molar-refractivity contribution >= 4 is 11.9 Å². The van der Waals surface area contributed by atoms with Gasteiger partial charge in [0.2, 0.25) is 0 Å². The third kappa shape index (κ3) is 41.8. The molecule has 0 aliphatic rings. The average Bonchev–Trinajstić information content (AvgIpc) is 2.93. The van der Waals surface area contributed by atoms with E-state index in [9.17, 15) is 9.59 Å². The van der Waals surface area contributed by atoms with Crippen molar-refractivity contribution in [2.75, 3.05) is 0 Å². The molecule has 3 nitrogen and oxygen atoms in total. The van der Waals surface area contributed by atoms with Crippen molar-refractivity contribution in [1.29, 1.82) is 0 Å². The predicted molar refractivity (Wildman–Crippen MR) is 172 cm³/mol. The Labute approximate surface area is 325 Å². The number of unbranched alkanes of at least 4 members (excludes halogenated alkanes) is 28. The maximum atomic E-state index is 11.9. The molecule has 0 N–H and O–H groups in total. The van der Waals surface area contributed by atoms with Gasteiger partial charge in [-0.05, 0) is 12.8 Å². The molecular formula is C36H72KNaO3. The molecule has 0 rings (SSSR count). The third-order valence-electron chi connectivity index (χ3n) is 8.20. The van der Waals surface area contributed by atoms with Crippen LogP contribution in [0.5, 0.6) is 0 Å². The van der Waals surface area contributed by atoms with Crippen LogP contribution in [0, 0.1) is 0 Å². The second-order valence-electron chi connectivity index (χ2n) is 12.2. The van der Waals surface area contributed by atoms with Gasteiger partial charge >= 0.3 is 92.9 Å². The SMILES string of the molecule is CCCCCCCCCCCCCCCCCC(=O)OC(=O)CCCCCCCCCCCCCCCCC.[H-].[H-].[K+].[Na+]. The summed E-state index contributed by atoms with van der Waals surface area (Å²) in [7, 11) is 0. The van der Waals surface area contributed by atoms with Gasteiger partial charge in [-0.1, -0.05) is 194 Å². The van der Waals surface area contributed by atoms with Gasteiger partial charge in [0.1, 0.15) is 0 Å². The van der Waals surface area contributed by atoms with Gasteiger partial charge in [-0.2, -0.15) is 0 Å². The molecule has 236 valence electrons. The molecule has 0 radical (unpaired) electrons. The first-order valence-electron chi connectivity index (χ1n) is 17.9. The Kier molecular flexibility index (Phi) is 48.1. The van der Waals surface area contributed by atoms with Crippen LogP contribution >= 0.6 is 0 Å². The zero-order valence-corrected chi connectivity index (χ0v) is 34.0. The summed E-state index contributed by atoms with van der Waals surface area (Å²) >= 11 is 0. The molecule has 0 aromatic carbocycles. The molecular weight excluding hydrogens is 542 g/mol. The van der Waals surface area contributed by atoms with E-state index in [1.54, 1.807) is 0 Å². The maximum absolute atomic E-state index is 11.9. The number of rotatable bonds is 32. The number of ether oxygens (including phenoxy) is 1. The van der Waals surface area contributed by atoms with Crippen molar-refractivity contribution in [3.05, 3.63) is 0 Å². The summed E-state index contributed by atoms with van der Waals surface area (Å²) in [6.45, 7) is 4.55. The quantitative estimate of drug-likeness (QED) is 0.0362. The second-order valence-corrected chi connectivity index (χ2v) is 12.2. The number of hydrogen-bond donors (Lipinski definition) is 0. The van der Waals surface area contributed by atoms with Crippen LogP contribution in [0.4, 0.5) is 0 Å². The predicted octanol–water partition coefficient (Wildman–Crippen LogP) is 6.81. The number of hydrogen-bond acceptors (Lipinski definition) is 3. The Balaban J connectivity index is -0.00000120. The standard InChI is InChI=1S/C36H70O3.K.Na.2H/c1-3-5-7-9-11-13-15-17-19-21-23-25-27-29-31-33-35(37)39-36(38)34-32-30-28-26-24-22-20-18-16-14-12-10-8-6-4-2;;;;/h3-34H2,1-2H3;;;;/q;2*+1;2*-1. The summed E-state index contributed by atoms with van der Waals surface area (Å²) in [6.07, 6.45) is 40.1. The first-order chi connectivity index (χ1) is 19.2. The van der Waals surface area contributed by atoms with Gasteiger partial charge in [-0.3, -0.25) is 9.59 Å². The minimum atomic E-state index is -0.323. The molecule has 0 saturated carbocycles. The Morgan fingerprint density at radius 3 is 0.732 bits per heavy atom. The molecule has 0 aliphatic carbocycles. The molecule has 0 fully saturated rings. The van der Waals surface area contributed by atoms with Crippen LogP contribution < -0.4 is 80.9 Å². The molecule has 41 heavy (non-hydrogen) atoms. The first kappa shape index (κ1) is 47.2. The zero-order valence-electron chi connectivity index (χ0n) is 30.9. The fourth-order valence-electron chi connectivity index (χ4n) is 5.51. The number of esters is 2. The normalized spacial score (nSPS) is 10.7. The van der Waals surface area contributed by atoms with Gasteiger partial charge in [0.05, 0.1) is 0 Å². The van der Waals surface area contributed by atoms with Gasteiger partial charge in [0, 0.05) is 12.8 Å². The van der Waals surface area contributed by atoms with Crippen molar-refractivity contribution in [2.24, 2.45) is 0 Å². The van der Waals surface area contributed by atoms with Crippen LogP contribution in [0.15, 0.2) is 0 Å². The zero-order chi connectivity index (χ0) is 28.5. The second kappa shape index (κ2) is 41.8. The summed E-state index contributed by atoms with van der Waals surface area (Å²) in [5.41, 5.74) is 0. The van der Waals surface area contributed by atoms with E-state index >= 15 is 0 Å². The topological polar surface area (TPSA) is 43.4 Å². The Bertz CT molecular complexity index is 483. The Morgan fingerprint density at radius 1 is 0.366 bits per heavy atom. The fraction of sp³-hybridized carbons (Fsp3) is 0.944. The summed E-state index contributed by atoms with van der Waals surface area (Å²) in [5.74, 6) is -0.647. The van der Waals surface area contributed by atoms with Gasteiger partial charge < -0.3 is 7.59 Å². The van der Waals surface area contributed by atoms with Gasteiger partial charge in [-0.25, -0.2) is 0 Å². The van der Waals surface area contributed by atoms with Crippen LogP contribution in [-0.4, -0.2) is 11.9 Å². The van der Waals surface area contributed by atoms with E-state index in [0.717, 1.165) is 25.7 Å². The van der Waals surface area contributed by atoms with Crippen molar-refractivity contribution < 1.29 is 98.1 Å². The van der Waals surface area contributed by atoms with Crippen molar-refractivity contribution in [3.8, 4) is 0 Å². The van der Waals surface area contributed by atoms with Crippen LogP contribution in [0.2, 0.25) is 0 Å². The van der Waals surface area contributed by atoms with Gasteiger partial charge in [0.15, 0.2) is 0 Å². The molecule has 5 heteroatoms.